The van der Waals surface area contributed by atoms with Gasteiger partial charge in [0.25, 0.3) is 0 Å². The molecule has 0 spiro atoms. The van der Waals surface area contributed by atoms with Crippen molar-refractivity contribution in [3.63, 3.8) is 0 Å². The summed E-state index contributed by atoms with van der Waals surface area (Å²) in [6, 6.07) is 5.39. The van der Waals surface area contributed by atoms with Crippen molar-refractivity contribution in [3.05, 3.63) is 29.0 Å². The van der Waals surface area contributed by atoms with Crippen LogP contribution in [-0.4, -0.2) is 30.6 Å². The number of rotatable bonds is 5. The van der Waals surface area contributed by atoms with Crippen LogP contribution in [0.25, 0.3) is 0 Å². The Labute approximate surface area is 126 Å². The molecule has 0 saturated carbocycles. The monoisotopic (exact) mass is 298 g/mol. The first-order valence-electron chi connectivity index (χ1n) is 7.54. The Balaban J connectivity index is 1.89. The molecule has 1 aromatic rings. The molecule has 1 fully saturated rings. The van der Waals surface area contributed by atoms with Gasteiger partial charge in [0.2, 0.25) is 0 Å². The zero-order valence-corrected chi connectivity index (χ0v) is 13.1. The Morgan fingerprint density at radius 1 is 1.40 bits per heavy atom. The molecule has 1 heterocycles. The highest BCUT2D eigenvalue weighted by Crippen LogP contribution is 2.27. The molecular weight excluding hydrogens is 275 g/mol. The summed E-state index contributed by atoms with van der Waals surface area (Å²) in [5.41, 5.74) is 0.515. The van der Waals surface area contributed by atoms with E-state index in [1.54, 1.807) is 18.2 Å². The molecular formula is C16H24ClFN2. The Hall–Kier alpha value is -0.800. The number of hydrogen-bond donors (Lipinski definition) is 1. The number of piperidine rings is 1. The van der Waals surface area contributed by atoms with Gasteiger partial charge < -0.3 is 10.2 Å². The average molecular weight is 299 g/mol. The summed E-state index contributed by atoms with van der Waals surface area (Å²) < 4.78 is 13.9. The van der Waals surface area contributed by atoms with Gasteiger partial charge in [0.15, 0.2) is 5.82 Å². The topological polar surface area (TPSA) is 15.3 Å². The molecule has 112 valence electrons. The van der Waals surface area contributed by atoms with Gasteiger partial charge in [-0.1, -0.05) is 24.6 Å². The van der Waals surface area contributed by atoms with Gasteiger partial charge in [-0.05, 0) is 63.9 Å². The molecule has 1 aromatic carbocycles. The van der Waals surface area contributed by atoms with Crippen molar-refractivity contribution in [2.75, 3.05) is 25.0 Å². The first-order chi connectivity index (χ1) is 9.61. The van der Waals surface area contributed by atoms with Crippen LogP contribution in [0.2, 0.25) is 5.02 Å². The highest BCUT2D eigenvalue weighted by Gasteiger charge is 2.24. The van der Waals surface area contributed by atoms with Gasteiger partial charge in [-0.15, -0.1) is 0 Å². The highest BCUT2D eigenvalue weighted by atomic mass is 35.5. The number of halogens is 2. The lowest BCUT2D eigenvalue weighted by Gasteiger charge is -2.35. The molecule has 1 aliphatic rings. The van der Waals surface area contributed by atoms with Gasteiger partial charge in [0.05, 0.1) is 10.7 Å². The molecule has 1 N–H and O–H groups in total. The number of anilines is 1. The van der Waals surface area contributed by atoms with Gasteiger partial charge in [-0.2, -0.15) is 0 Å². The van der Waals surface area contributed by atoms with Crippen molar-refractivity contribution in [3.8, 4) is 0 Å². The lowest BCUT2D eigenvalue weighted by molar-refractivity contribution is 0.176. The number of nitrogens with zero attached hydrogens (tertiary/aromatic N) is 1. The minimum Gasteiger partial charge on any atom is -0.380 e. The van der Waals surface area contributed by atoms with Crippen LogP contribution in [-0.2, 0) is 0 Å². The van der Waals surface area contributed by atoms with Crippen LogP contribution in [0.4, 0.5) is 10.1 Å². The van der Waals surface area contributed by atoms with E-state index in [0.717, 1.165) is 13.1 Å². The van der Waals surface area contributed by atoms with Crippen molar-refractivity contribution in [1.29, 1.82) is 0 Å². The van der Waals surface area contributed by atoms with E-state index in [1.807, 2.05) is 0 Å². The number of likely N-dealkylation sites (tertiary alicyclic amines) is 1. The molecule has 0 bridgehead atoms. The molecule has 1 unspecified atom stereocenters. The van der Waals surface area contributed by atoms with Crippen molar-refractivity contribution in [2.24, 2.45) is 5.92 Å². The van der Waals surface area contributed by atoms with Crippen LogP contribution in [0, 0.1) is 11.7 Å². The lowest BCUT2D eigenvalue weighted by atomic mass is 9.90. The maximum Gasteiger partial charge on any atom is 0.164 e. The largest absolute Gasteiger partial charge is 0.380 e. The Bertz CT molecular complexity index is 430. The SMILES string of the molecule is CCCN1CCC(C(C)Nc2cccc(Cl)c2F)CC1. The minimum atomic E-state index is -0.343. The van der Waals surface area contributed by atoms with E-state index in [9.17, 15) is 4.39 Å². The quantitative estimate of drug-likeness (QED) is 0.866. The standard InChI is InChI=1S/C16H24ClFN2/c1-3-9-20-10-7-13(8-11-20)12(2)19-15-6-4-5-14(17)16(15)18/h4-6,12-13,19H,3,7-11H2,1-2H3. The lowest BCUT2D eigenvalue weighted by Crippen LogP contribution is -2.39. The third-order valence-corrected chi connectivity index (χ3v) is 4.51. The van der Waals surface area contributed by atoms with Gasteiger partial charge >= 0.3 is 0 Å². The summed E-state index contributed by atoms with van der Waals surface area (Å²) >= 11 is 5.82. The molecule has 1 atom stereocenters. The molecule has 0 aliphatic carbocycles. The second-order valence-corrected chi connectivity index (χ2v) is 6.12. The highest BCUT2D eigenvalue weighted by molar-refractivity contribution is 6.31. The summed E-state index contributed by atoms with van der Waals surface area (Å²) in [5.74, 6) is 0.255. The number of nitrogens with one attached hydrogen (secondary N) is 1. The zero-order chi connectivity index (χ0) is 14.5. The molecule has 0 amide bonds. The molecule has 0 radical (unpaired) electrons. The Morgan fingerprint density at radius 2 is 2.10 bits per heavy atom. The Kier molecular flexibility index (Phi) is 5.67. The van der Waals surface area contributed by atoms with Crippen molar-refractivity contribution in [2.45, 2.75) is 39.2 Å². The smallest absolute Gasteiger partial charge is 0.164 e. The summed E-state index contributed by atoms with van der Waals surface area (Å²) in [6.07, 6.45) is 3.57. The zero-order valence-electron chi connectivity index (χ0n) is 12.3. The van der Waals surface area contributed by atoms with E-state index in [4.69, 9.17) is 11.6 Å². The first-order valence-corrected chi connectivity index (χ1v) is 7.92. The molecule has 2 nitrogen and oxygen atoms in total. The summed E-state index contributed by atoms with van der Waals surface area (Å²) in [4.78, 5) is 2.52. The Morgan fingerprint density at radius 3 is 2.75 bits per heavy atom. The maximum absolute atomic E-state index is 13.9. The normalized spacial score (nSPS) is 19.0. The van der Waals surface area contributed by atoms with Crippen LogP contribution in [0.3, 0.4) is 0 Å². The number of benzene rings is 1. The van der Waals surface area contributed by atoms with Crippen molar-refractivity contribution in [1.82, 2.24) is 4.90 Å². The van der Waals surface area contributed by atoms with E-state index in [2.05, 4.69) is 24.1 Å². The predicted molar refractivity (Wildman–Crippen MR) is 83.9 cm³/mol. The molecule has 1 saturated heterocycles. The first kappa shape index (κ1) is 15.6. The summed E-state index contributed by atoms with van der Waals surface area (Å²) in [7, 11) is 0. The van der Waals surface area contributed by atoms with Crippen LogP contribution in [0.1, 0.15) is 33.1 Å². The third-order valence-electron chi connectivity index (χ3n) is 4.21. The van der Waals surface area contributed by atoms with Crippen LogP contribution >= 0.6 is 11.6 Å². The van der Waals surface area contributed by atoms with E-state index in [-0.39, 0.29) is 16.9 Å². The number of hydrogen-bond acceptors (Lipinski definition) is 2. The van der Waals surface area contributed by atoms with E-state index in [1.165, 1.54) is 25.8 Å². The van der Waals surface area contributed by atoms with Gasteiger partial charge in [-0.3, -0.25) is 0 Å². The molecule has 1 aliphatic heterocycles. The summed E-state index contributed by atoms with van der Waals surface area (Å²) in [5, 5.41) is 3.47. The fourth-order valence-corrected chi connectivity index (χ4v) is 3.15. The van der Waals surface area contributed by atoms with Crippen molar-refractivity contribution < 1.29 is 4.39 Å². The summed E-state index contributed by atoms with van der Waals surface area (Å²) in [6.45, 7) is 7.86. The van der Waals surface area contributed by atoms with Gasteiger partial charge in [0.1, 0.15) is 0 Å². The minimum absolute atomic E-state index is 0.181. The van der Waals surface area contributed by atoms with E-state index >= 15 is 0 Å². The fraction of sp³-hybridized carbons (Fsp3) is 0.625. The van der Waals surface area contributed by atoms with Gasteiger partial charge in [0, 0.05) is 6.04 Å². The third kappa shape index (κ3) is 3.86. The maximum atomic E-state index is 13.9. The predicted octanol–water partition coefficient (Wildman–Crippen LogP) is 4.40. The van der Waals surface area contributed by atoms with Crippen molar-refractivity contribution >= 4 is 17.3 Å². The van der Waals surface area contributed by atoms with Crippen LogP contribution < -0.4 is 5.32 Å². The average Bonchev–Trinajstić information content (AvgIpc) is 2.45. The molecule has 4 heteroatoms. The van der Waals surface area contributed by atoms with Gasteiger partial charge in [-0.25, -0.2) is 4.39 Å². The fourth-order valence-electron chi connectivity index (χ4n) is 2.97. The van der Waals surface area contributed by atoms with Crippen LogP contribution in [0.5, 0.6) is 0 Å². The van der Waals surface area contributed by atoms with E-state index < -0.39 is 0 Å². The second-order valence-electron chi connectivity index (χ2n) is 5.71. The molecule has 0 aromatic heterocycles. The van der Waals surface area contributed by atoms with E-state index in [0.29, 0.717) is 11.6 Å². The molecule has 20 heavy (non-hydrogen) atoms. The second kappa shape index (κ2) is 7.28. The van der Waals surface area contributed by atoms with Crippen LogP contribution in [0.15, 0.2) is 18.2 Å². The molecule has 2 rings (SSSR count).